The van der Waals surface area contributed by atoms with Gasteiger partial charge in [0.1, 0.15) is 9.98 Å². The van der Waals surface area contributed by atoms with Gasteiger partial charge in [-0.05, 0) is 25.3 Å². The SMILES string of the molecule is CCc1cc2c(Cl)nc(NC3CC3)nc2s1. The van der Waals surface area contributed by atoms with Gasteiger partial charge in [-0.3, -0.25) is 0 Å². The molecule has 1 saturated carbocycles. The maximum absolute atomic E-state index is 6.15. The van der Waals surface area contributed by atoms with Crippen LogP contribution in [-0.2, 0) is 6.42 Å². The predicted molar refractivity (Wildman–Crippen MR) is 68.4 cm³/mol. The molecule has 0 spiro atoms. The molecule has 2 aromatic heterocycles. The summed E-state index contributed by atoms with van der Waals surface area (Å²) >= 11 is 7.85. The minimum absolute atomic E-state index is 0.555. The highest BCUT2D eigenvalue weighted by molar-refractivity contribution is 7.18. The first-order valence-electron chi connectivity index (χ1n) is 5.48. The highest BCUT2D eigenvalue weighted by Gasteiger charge is 2.22. The van der Waals surface area contributed by atoms with Crippen molar-refractivity contribution in [2.75, 3.05) is 5.32 Å². The second kappa shape index (κ2) is 3.86. The fourth-order valence-corrected chi connectivity index (χ4v) is 2.83. The van der Waals surface area contributed by atoms with Gasteiger partial charge in [-0.2, -0.15) is 0 Å². The van der Waals surface area contributed by atoms with Gasteiger partial charge in [-0.15, -0.1) is 11.3 Å². The first-order valence-corrected chi connectivity index (χ1v) is 6.68. The molecule has 0 unspecified atom stereocenters. The van der Waals surface area contributed by atoms with Crippen LogP contribution in [0.2, 0.25) is 5.15 Å². The lowest BCUT2D eigenvalue weighted by Gasteiger charge is -2.02. The quantitative estimate of drug-likeness (QED) is 0.851. The summed E-state index contributed by atoms with van der Waals surface area (Å²) in [6.45, 7) is 2.13. The Hall–Kier alpha value is -0.870. The third-order valence-corrected chi connectivity index (χ3v) is 4.12. The van der Waals surface area contributed by atoms with E-state index in [9.17, 15) is 0 Å². The standard InChI is InChI=1S/C11H12ClN3S/c1-2-7-5-8-9(12)14-11(13-6-3-4-6)15-10(8)16-7/h5-6H,2-4H2,1H3,(H,13,14,15). The highest BCUT2D eigenvalue weighted by Crippen LogP contribution is 2.31. The highest BCUT2D eigenvalue weighted by atomic mass is 35.5. The van der Waals surface area contributed by atoms with Crippen LogP contribution in [-0.4, -0.2) is 16.0 Å². The van der Waals surface area contributed by atoms with E-state index >= 15 is 0 Å². The van der Waals surface area contributed by atoms with Crippen LogP contribution in [0.1, 0.15) is 24.6 Å². The van der Waals surface area contributed by atoms with Crippen molar-refractivity contribution in [3.63, 3.8) is 0 Å². The number of nitrogens with one attached hydrogen (secondary N) is 1. The van der Waals surface area contributed by atoms with Crippen molar-refractivity contribution in [2.45, 2.75) is 32.2 Å². The zero-order valence-electron chi connectivity index (χ0n) is 8.96. The second-order valence-corrected chi connectivity index (χ2v) is 5.51. The van der Waals surface area contributed by atoms with Gasteiger partial charge >= 0.3 is 0 Å². The van der Waals surface area contributed by atoms with E-state index in [1.54, 1.807) is 11.3 Å². The van der Waals surface area contributed by atoms with Gasteiger partial charge in [0.15, 0.2) is 0 Å². The number of thiophene rings is 1. The molecule has 1 N–H and O–H groups in total. The van der Waals surface area contributed by atoms with Crippen molar-refractivity contribution in [2.24, 2.45) is 0 Å². The minimum atomic E-state index is 0.555. The summed E-state index contributed by atoms with van der Waals surface area (Å²) in [5.41, 5.74) is 0. The summed E-state index contributed by atoms with van der Waals surface area (Å²) in [5, 5.41) is 4.81. The van der Waals surface area contributed by atoms with Crippen molar-refractivity contribution >= 4 is 39.1 Å². The molecule has 3 rings (SSSR count). The van der Waals surface area contributed by atoms with Crippen LogP contribution in [0.15, 0.2) is 6.07 Å². The van der Waals surface area contributed by atoms with Crippen molar-refractivity contribution in [3.05, 3.63) is 16.1 Å². The van der Waals surface area contributed by atoms with Crippen molar-refractivity contribution < 1.29 is 0 Å². The van der Waals surface area contributed by atoms with Crippen LogP contribution >= 0.6 is 22.9 Å². The monoisotopic (exact) mass is 253 g/mol. The molecule has 1 aliphatic rings. The Labute approximate surface area is 103 Å². The lowest BCUT2D eigenvalue weighted by Crippen LogP contribution is -2.04. The van der Waals surface area contributed by atoms with Gasteiger partial charge in [-0.25, -0.2) is 9.97 Å². The van der Waals surface area contributed by atoms with Crippen molar-refractivity contribution in [1.29, 1.82) is 0 Å². The van der Waals surface area contributed by atoms with E-state index in [1.165, 1.54) is 17.7 Å². The Morgan fingerprint density at radius 3 is 3.00 bits per heavy atom. The molecule has 0 amide bonds. The Kier molecular flexibility index (Phi) is 2.48. The molecule has 5 heteroatoms. The third kappa shape index (κ3) is 1.87. The summed E-state index contributed by atoms with van der Waals surface area (Å²) in [6.07, 6.45) is 3.44. The van der Waals surface area contributed by atoms with Crippen molar-refractivity contribution in [3.8, 4) is 0 Å². The van der Waals surface area contributed by atoms with E-state index in [0.29, 0.717) is 17.1 Å². The van der Waals surface area contributed by atoms with Crippen LogP contribution in [0.3, 0.4) is 0 Å². The minimum Gasteiger partial charge on any atom is -0.351 e. The number of aryl methyl sites for hydroxylation is 1. The Balaban J connectivity index is 2.04. The van der Waals surface area contributed by atoms with Gasteiger partial charge < -0.3 is 5.32 Å². The topological polar surface area (TPSA) is 37.8 Å². The molecule has 1 aliphatic carbocycles. The van der Waals surface area contributed by atoms with E-state index in [4.69, 9.17) is 11.6 Å². The van der Waals surface area contributed by atoms with Gasteiger partial charge in [-0.1, -0.05) is 18.5 Å². The molecule has 0 aliphatic heterocycles. The number of halogens is 1. The summed E-state index contributed by atoms with van der Waals surface area (Å²) < 4.78 is 0. The summed E-state index contributed by atoms with van der Waals surface area (Å²) in [7, 11) is 0. The van der Waals surface area contributed by atoms with Crippen LogP contribution in [0, 0.1) is 0 Å². The largest absolute Gasteiger partial charge is 0.351 e. The summed E-state index contributed by atoms with van der Waals surface area (Å²) in [4.78, 5) is 11.1. The lowest BCUT2D eigenvalue weighted by atomic mass is 10.3. The number of fused-ring (bicyclic) bond motifs is 1. The molecular formula is C11H12ClN3S. The predicted octanol–water partition coefficient (Wildman–Crippen LogP) is 3.48. The molecule has 0 bridgehead atoms. The van der Waals surface area contributed by atoms with E-state index in [-0.39, 0.29) is 0 Å². The molecule has 2 heterocycles. The number of hydrogen-bond donors (Lipinski definition) is 1. The molecule has 1 fully saturated rings. The van der Waals surface area contributed by atoms with E-state index < -0.39 is 0 Å². The molecule has 0 saturated heterocycles. The number of aromatic nitrogens is 2. The molecule has 84 valence electrons. The number of anilines is 1. The lowest BCUT2D eigenvalue weighted by molar-refractivity contribution is 1.07. The average molecular weight is 254 g/mol. The number of hydrogen-bond acceptors (Lipinski definition) is 4. The average Bonchev–Trinajstić information content (AvgIpc) is 2.95. The Bertz CT molecular complexity index is 533. The van der Waals surface area contributed by atoms with Gasteiger partial charge in [0.05, 0.1) is 0 Å². The first kappa shape index (κ1) is 10.3. The number of nitrogens with zero attached hydrogens (tertiary/aromatic N) is 2. The summed E-state index contributed by atoms with van der Waals surface area (Å²) in [5.74, 6) is 0.671. The molecule has 0 radical (unpaired) electrons. The molecule has 3 nitrogen and oxygen atoms in total. The molecule has 0 atom stereocenters. The van der Waals surface area contributed by atoms with Crippen molar-refractivity contribution in [1.82, 2.24) is 9.97 Å². The second-order valence-electron chi connectivity index (χ2n) is 4.04. The van der Waals surface area contributed by atoms with Gasteiger partial charge in [0, 0.05) is 16.3 Å². The van der Waals surface area contributed by atoms with Gasteiger partial charge in [0.2, 0.25) is 5.95 Å². The van der Waals surface area contributed by atoms with Crippen LogP contribution in [0.4, 0.5) is 5.95 Å². The fraction of sp³-hybridized carbons (Fsp3) is 0.455. The zero-order valence-corrected chi connectivity index (χ0v) is 10.5. The maximum Gasteiger partial charge on any atom is 0.225 e. The Morgan fingerprint density at radius 1 is 1.50 bits per heavy atom. The fourth-order valence-electron chi connectivity index (χ4n) is 1.59. The van der Waals surface area contributed by atoms with Crippen LogP contribution in [0.25, 0.3) is 10.2 Å². The smallest absolute Gasteiger partial charge is 0.225 e. The normalized spacial score (nSPS) is 15.6. The van der Waals surface area contributed by atoms with E-state index in [1.807, 2.05) is 0 Å². The summed E-state index contributed by atoms with van der Waals surface area (Å²) in [6, 6.07) is 2.64. The van der Waals surface area contributed by atoms with Crippen LogP contribution in [0.5, 0.6) is 0 Å². The maximum atomic E-state index is 6.15. The molecule has 16 heavy (non-hydrogen) atoms. The van der Waals surface area contributed by atoms with E-state index in [0.717, 1.165) is 16.6 Å². The zero-order chi connectivity index (χ0) is 11.1. The number of rotatable bonds is 3. The Morgan fingerprint density at radius 2 is 2.31 bits per heavy atom. The molecular weight excluding hydrogens is 242 g/mol. The van der Waals surface area contributed by atoms with Gasteiger partial charge in [0.25, 0.3) is 0 Å². The third-order valence-electron chi connectivity index (χ3n) is 2.66. The molecule has 2 aromatic rings. The first-order chi connectivity index (χ1) is 7.76. The molecule has 0 aromatic carbocycles. The van der Waals surface area contributed by atoms with Crippen LogP contribution < -0.4 is 5.32 Å². The van der Waals surface area contributed by atoms with E-state index in [2.05, 4.69) is 28.3 Å².